The molecule has 1 fully saturated rings. The predicted octanol–water partition coefficient (Wildman–Crippen LogP) is -0.696. The minimum Gasteiger partial charge on any atom is -0.481 e. The van der Waals surface area contributed by atoms with Gasteiger partial charge >= 0.3 is 17.9 Å². The molecule has 9 heteroatoms. The summed E-state index contributed by atoms with van der Waals surface area (Å²) in [6.07, 6.45) is -0.408. The number of hydrogen-bond acceptors (Lipinski definition) is 5. The van der Waals surface area contributed by atoms with Crippen LogP contribution in [0.3, 0.4) is 0 Å². The molecule has 5 N–H and O–H groups in total. The van der Waals surface area contributed by atoms with Gasteiger partial charge in [0.2, 0.25) is 0 Å². The SMILES string of the molecule is O=C(O)C[C@@H]1[C@@H](C(=O)O)NC[C@H]1c1ccc(C(=O)O)[nH]c1=O. The summed E-state index contributed by atoms with van der Waals surface area (Å²) in [5.74, 6) is -5.06. The molecule has 1 saturated heterocycles. The van der Waals surface area contributed by atoms with E-state index in [4.69, 9.17) is 15.3 Å². The van der Waals surface area contributed by atoms with Crippen molar-refractivity contribution in [3.63, 3.8) is 0 Å². The van der Waals surface area contributed by atoms with Crippen LogP contribution in [0.1, 0.15) is 28.4 Å². The van der Waals surface area contributed by atoms with Crippen molar-refractivity contribution in [3.05, 3.63) is 33.7 Å². The van der Waals surface area contributed by atoms with Gasteiger partial charge in [-0.25, -0.2) is 4.79 Å². The molecule has 2 rings (SSSR count). The van der Waals surface area contributed by atoms with E-state index in [0.29, 0.717) is 0 Å². The van der Waals surface area contributed by atoms with E-state index in [1.807, 2.05) is 0 Å². The smallest absolute Gasteiger partial charge is 0.352 e. The predicted molar refractivity (Wildman–Crippen MR) is 71.9 cm³/mol. The number of aliphatic carboxylic acids is 2. The highest BCUT2D eigenvalue weighted by molar-refractivity contribution is 5.85. The second-order valence-corrected chi connectivity index (χ2v) is 5.05. The van der Waals surface area contributed by atoms with Crippen LogP contribution in [-0.4, -0.2) is 50.8 Å². The van der Waals surface area contributed by atoms with Crippen LogP contribution in [0.4, 0.5) is 0 Å². The normalized spacial score (nSPS) is 24.1. The van der Waals surface area contributed by atoms with Crippen molar-refractivity contribution >= 4 is 17.9 Å². The largest absolute Gasteiger partial charge is 0.481 e. The number of pyridine rings is 1. The third-order valence-electron chi connectivity index (χ3n) is 3.75. The van der Waals surface area contributed by atoms with Crippen LogP contribution in [0.5, 0.6) is 0 Å². The van der Waals surface area contributed by atoms with E-state index in [9.17, 15) is 19.2 Å². The summed E-state index contributed by atoms with van der Waals surface area (Å²) in [7, 11) is 0. The molecular weight excluding hydrogens is 296 g/mol. The van der Waals surface area contributed by atoms with Crippen LogP contribution in [0.25, 0.3) is 0 Å². The lowest BCUT2D eigenvalue weighted by molar-refractivity contribution is -0.142. The van der Waals surface area contributed by atoms with Gasteiger partial charge in [0, 0.05) is 23.9 Å². The second kappa shape index (κ2) is 5.98. The van der Waals surface area contributed by atoms with Gasteiger partial charge in [-0.3, -0.25) is 14.4 Å². The molecule has 2 heterocycles. The maximum absolute atomic E-state index is 12.0. The highest BCUT2D eigenvalue weighted by atomic mass is 16.4. The number of carboxylic acid groups (broad SMARTS) is 3. The second-order valence-electron chi connectivity index (χ2n) is 5.05. The van der Waals surface area contributed by atoms with Crippen molar-refractivity contribution in [2.45, 2.75) is 18.4 Å². The summed E-state index contributed by atoms with van der Waals surface area (Å²) in [5, 5.41) is 29.6. The fourth-order valence-electron chi connectivity index (χ4n) is 2.76. The Labute approximate surface area is 123 Å². The first-order valence-electron chi connectivity index (χ1n) is 6.45. The first-order valence-corrected chi connectivity index (χ1v) is 6.45. The van der Waals surface area contributed by atoms with Gasteiger partial charge in [0.15, 0.2) is 0 Å². The molecule has 1 aromatic heterocycles. The van der Waals surface area contributed by atoms with Crippen molar-refractivity contribution in [2.75, 3.05) is 6.54 Å². The van der Waals surface area contributed by atoms with Gasteiger partial charge in [0.1, 0.15) is 11.7 Å². The minimum atomic E-state index is -1.29. The van der Waals surface area contributed by atoms with E-state index in [2.05, 4.69) is 10.3 Å². The molecule has 0 aromatic carbocycles. The van der Waals surface area contributed by atoms with Crippen LogP contribution in [0.15, 0.2) is 16.9 Å². The molecule has 0 saturated carbocycles. The number of carboxylic acids is 3. The van der Waals surface area contributed by atoms with E-state index in [0.717, 1.165) is 0 Å². The zero-order chi connectivity index (χ0) is 16.4. The zero-order valence-electron chi connectivity index (χ0n) is 11.3. The van der Waals surface area contributed by atoms with E-state index >= 15 is 0 Å². The standard InChI is InChI=1S/C13H14N2O7/c16-9(17)3-6-7(4-14-10(6)13(21)22)5-1-2-8(12(19)20)15-11(5)18/h1-2,6-7,10,14H,3-4H2,(H,15,18)(H,16,17)(H,19,20)(H,21,22)/t6-,7-,10-/m0/s1. The van der Waals surface area contributed by atoms with Crippen LogP contribution >= 0.6 is 0 Å². The van der Waals surface area contributed by atoms with Crippen LogP contribution in [-0.2, 0) is 9.59 Å². The highest BCUT2D eigenvalue weighted by Crippen LogP contribution is 2.33. The van der Waals surface area contributed by atoms with Gasteiger partial charge in [-0.2, -0.15) is 0 Å². The summed E-state index contributed by atoms with van der Waals surface area (Å²) < 4.78 is 0. The lowest BCUT2D eigenvalue weighted by atomic mass is 9.83. The quantitative estimate of drug-likeness (QED) is 0.478. The summed E-state index contributed by atoms with van der Waals surface area (Å²) in [6.45, 7) is 0.129. The Bertz CT molecular complexity index is 681. The average molecular weight is 310 g/mol. The Hall–Kier alpha value is -2.68. The summed E-state index contributed by atoms with van der Waals surface area (Å²) in [6, 6.07) is 1.43. The van der Waals surface area contributed by atoms with Crippen LogP contribution in [0.2, 0.25) is 0 Å². The number of aromatic nitrogens is 1. The molecule has 0 spiro atoms. The number of aromatic carboxylic acids is 1. The fourth-order valence-corrected chi connectivity index (χ4v) is 2.76. The van der Waals surface area contributed by atoms with Crippen molar-refractivity contribution in [2.24, 2.45) is 5.92 Å². The van der Waals surface area contributed by atoms with E-state index < -0.39 is 47.8 Å². The van der Waals surface area contributed by atoms with Gasteiger partial charge in [-0.1, -0.05) is 6.07 Å². The summed E-state index contributed by atoms with van der Waals surface area (Å²) in [5.41, 5.74) is -0.773. The van der Waals surface area contributed by atoms with Gasteiger partial charge in [-0.15, -0.1) is 0 Å². The Morgan fingerprint density at radius 3 is 2.36 bits per heavy atom. The maximum Gasteiger partial charge on any atom is 0.352 e. The monoisotopic (exact) mass is 310 g/mol. The van der Waals surface area contributed by atoms with Crippen molar-refractivity contribution < 1.29 is 29.7 Å². The van der Waals surface area contributed by atoms with Gasteiger partial charge in [0.25, 0.3) is 5.56 Å². The average Bonchev–Trinajstić information content (AvgIpc) is 2.81. The number of hydrogen-bond donors (Lipinski definition) is 5. The van der Waals surface area contributed by atoms with Gasteiger partial charge in [0.05, 0.1) is 6.42 Å². The van der Waals surface area contributed by atoms with Crippen molar-refractivity contribution in [1.82, 2.24) is 10.3 Å². The molecule has 1 aliphatic rings. The maximum atomic E-state index is 12.0. The molecule has 0 bridgehead atoms. The molecule has 118 valence electrons. The Morgan fingerprint density at radius 1 is 1.18 bits per heavy atom. The zero-order valence-corrected chi connectivity index (χ0v) is 11.3. The van der Waals surface area contributed by atoms with E-state index in [-0.39, 0.29) is 17.8 Å². The molecule has 9 nitrogen and oxygen atoms in total. The molecule has 0 radical (unpaired) electrons. The molecule has 22 heavy (non-hydrogen) atoms. The van der Waals surface area contributed by atoms with E-state index in [1.54, 1.807) is 0 Å². The van der Waals surface area contributed by atoms with Gasteiger partial charge in [-0.05, 0) is 6.07 Å². The summed E-state index contributed by atoms with van der Waals surface area (Å²) >= 11 is 0. The van der Waals surface area contributed by atoms with Crippen molar-refractivity contribution in [3.8, 4) is 0 Å². The molecule has 0 unspecified atom stereocenters. The Balaban J connectivity index is 2.38. The molecule has 3 atom stereocenters. The van der Waals surface area contributed by atoms with Crippen LogP contribution < -0.4 is 10.9 Å². The molecule has 0 amide bonds. The Morgan fingerprint density at radius 2 is 1.86 bits per heavy atom. The van der Waals surface area contributed by atoms with E-state index in [1.165, 1.54) is 12.1 Å². The molecule has 1 aliphatic heterocycles. The molecular formula is C13H14N2O7. The molecule has 1 aromatic rings. The number of rotatable bonds is 5. The number of carbonyl (C=O) groups is 3. The van der Waals surface area contributed by atoms with Crippen molar-refractivity contribution in [1.29, 1.82) is 0 Å². The minimum absolute atomic E-state index is 0.129. The Kier molecular flexibility index (Phi) is 4.27. The highest BCUT2D eigenvalue weighted by Gasteiger charge is 2.42. The third-order valence-corrected chi connectivity index (χ3v) is 3.75. The third kappa shape index (κ3) is 2.98. The molecule has 0 aliphatic carbocycles. The fraction of sp³-hybridized carbons (Fsp3) is 0.385. The number of H-pyrrole nitrogens is 1. The lowest BCUT2D eigenvalue weighted by Gasteiger charge is -2.19. The first-order chi connectivity index (χ1) is 10.3. The van der Waals surface area contributed by atoms with Crippen LogP contribution in [0, 0.1) is 5.92 Å². The lowest BCUT2D eigenvalue weighted by Crippen LogP contribution is -2.37. The number of aromatic amines is 1. The summed E-state index contributed by atoms with van der Waals surface area (Å²) in [4.78, 5) is 47.1. The first kappa shape index (κ1) is 15.7. The topological polar surface area (TPSA) is 157 Å². The number of nitrogens with one attached hydrogen (secondary N) is 2. The van der Waals surface area contributed by atoms with Gasteiger partial charge < -0.3 is 25.6 Å².